The molecule has 3 nitrogen and oxygen atoms in total. The average molecular weight is 343 g/mol. The summed E-state index contributed by atoms with van der Waals surface area (Å²) < 4.78 is 2.47. The van der Waals surface area contributed by atoms with Crippen LogP contribution in [0, 0.1) is 0 Å². The number of fused-ring (bicyclic) bond motifs is 2. The van der Waals surface area contributed by atoms with Gasteiger partial charge in [-0.1, -0.05) is 60.7 Å². The van der Waals surface area contributed by atoms with Crippen molar-refractivity contribution >= 4 is 0 Å². The number of imidazole rings is 1. The molecule has 26 heavy (non-hydrogen) atoms. The zero-order chi connectivity index (χ0) is 17.4. The van der Waals surface area contributed by atoms with Crippen molar-refractivity contribution in [3.05, 3.63) is 78.2 Å². The molecule has 2 aromatic carbocycles. The van der Waals surface area contributed by atoms with Crippen LogP contribution in [0.4, 0.5) is 0 Å². The molecule has 0 radical (unpaired) electrons. The number of aromatic nitrogens is 2. The third-order valence-corrected chi connectivity index (χ3v) is 6.28. The quantitative estimate of drug-likeness (QED) is 0.699. The molecule has 2 aliphatic rings. The second-order valence-electron chi connectivity index (χ2n) is 7.78. The Hall–Kier alpha value is -2.39. The lowest BCUT2D eigenvalue weighted by Gasteiger charge is -2.38. The summed E-state index contributed by atoms with van der Waals surface area (Å²) in [5, 5.41) is 0. The molecule has 0 bridgehead atoms. The first kappa shape index (κ1) is 15.8. The molecule has 0 saturated carbocycles. The zero-order valence-electron chi connectivity index (χ0n) is 15.1. The Labute approximate surface area is 155 Å². The highest BCUT2D eigenvalue weighted by Gasteiger charge is 2.43. The molecular weight excluding hydrogens is 318 g/mol. The molecule has 2 aliphatic heterocycles. The van der Waals surface area contributed by atoms with Crippen LogP contribution in [0.3, 0.4) is 0 Å². The minimum Gasteiger partial charge on any atom is -0.328 e. The number of benzene rings is 2. The van der Waals surface area contributed by atoms with E-state index >= 15 is 0 Å². The highest BCUT2D eigenvalue weighted by molar-refractivity contribution is 5.60. The summed E-state index contributed by atoms with van der Waals surface area (Å²) in [7, 11) is 0. The summed E-state index contributed by atoms with van der Waals surface area (Å²) in [6, 6.07) is 21.5. The predicted molar refractivity (Wildman–Crippen MR) is 105 cm³/mol. The normalized spacial score (nSPS) is 18.9. The van der Waals surface area contributed by atoms with Crippen LogP contribution in [-0.2, 0) is 18.5 Å². The van der Waals surface area contributed by atoms with Crippen LogP contribution in [0.2, 0.25) is 0 Å². The molecule has 3 heteroatoms. The molecule has 1 aromatic heterocycles. The Balaban J connectivity index is 1.34. The minimum atomic E-state index is 0.292. The number of likely N-dealkylation sites (tertiary alicyclic amines) is 1. The molecular formula is C23H25N3. The van der Waals surface area contributed by atoms with Crippen molar-refractivity contribution in [2.45, 2.75) is 37.8 Å². The second kappa shape index (κ2) is 6.40. The van der Waals surface area contributed by atoms with Crippen LogP contribution in [-0.4, -0.2) is 27.5 Å². The van der Waals surface area contributed by atoms with E-state index in [-0.39, 0.29) is 0 Å². The highest BCUT2D eigenvalue weighted by Crippen LogP contribution is 2.44. The first-order chi connectivity index (χ1) is 12.8. The maximum absolute atomic E-state index is 4.90. The van der Waals surface area contributed by atoms with E-state index in [9.17, 15) is 0 Å². The third-order valence-electron chi connectivity index (χ3n) is 6.28. The van der Waals surface area contributed by atoms with E-state index in [2.05, 4.69) is 76.3 Å². The van der Waals surface area contributed by atoms with Gasteiger partial charge in [0.2, 0.25) is 0 Å². The summed E-state index contributed by atoms with van der Waals surface area (Å²) in [5.41, 5.74) is 4.27. The van der Waals surface area contributed by atoms with Gasteiger partial charge in [-0.25, -0.2) is 4.98 Å². The summed E-state index contributed by atoms with van der Waals surface area (Å²) in [4.78, 5) is 7.50. The number of rotatable bonds is 3. The Bertz CT molecular complexity index is 874. The van der Waals surface area contributed by atoms with Crippen molar-refractivity contribution in [3.8, 4) is 11.3 Å². The van der Waals surface area contributed by atoms with Crippen molar-refractivity contribution in [1.82, 2.24) is 14.5 Å². The van der Waals surface area contributed by atoms with Crippen LogP contribution < -0.4 is 0 Å². The molecule has 3 heterocycles. The van der Waals surface area contributed by atoms with Gasteiger partial charge in [0.15, 0.2) is 0 Å². The molecule has 0 N–H and O–H groups in total. The summed E-state index contributed by atoms with van der Waals surface area (Å²) >= 11 is 0. The maximum atomic E-state index is 4.90. The van der Waals surface area contributed by atoms with E-state index in [1.54, 1.807) is 0 Å². The maximum Gasteiger partial charge on any atom is 0.115 e. The fourth-order valence-corrected chi connectivity index (χ4v) is 4.76. The van der Waals surface area contributed by atoms with Crippen LogP contribution in [0.1, 0.15) is 30.7 Å². The second-order valence-corrected chi connectivity index (χ2v) is 7.78. The lowest BCUT2D eigenvalue weighted by molar-refractivity contribution is 0.150. The van der Waals surface area contributed by atoms with Gasteiger partial charge in [-0.2, -0.15) is 0 Å². The molecule has 1 fully saturated rings. The summed E-state index contributed by atoms with van der Waals surface area (Å²) in [6.45, 7) is 4.52. The lowest BCUT2D eigenvalue weighted by atomic mass is 9.76. The van der Waals surface area contributed by atoms with Crippen molar-refractivity contribution in [1.29, 1.82) is 0 Å². The molecule has 0 unspecified atom stereocenters. The van der Waals surface area contributed by atoms with Crippen LogP contribution in [0.15, 0.2) is 66.9 Å². The van der Waals surface area contributed by atoms with E-state index in [1.807, 2.05) is 0 Å². The van der Waals surface area contributed by atoms with E-state index in [0.29, 0.717) is 5.41 Å². The van der Waals surface area contributed by atoms with Gasteiger partial charge >= 0.3 is 0 Å². The van der Waals surface area contributed by atoms with Gasteiger partial charge in [-0.3, -0.25) is 4.90 Å². The monoisotopic (exact) mass is 343 g/mol. The van der Waals surface area contributed by atoms with Crippen LogP contribution in [0.5, 0.6) is 0 Å². The predicted octanol–water partition coefficient (Wildman–Crippen LogP) is 4.49. The number of nitrogens with zero attached hydrogens (tertiary/aromatic N) is 3. The lowest BCUT2D eigenvalue weighted by Crippen LogP contribution is -2.41. The van der Waals surface area contributed by atoms with E-state index in [1.165, 1.54) is 55.0 Å². The standard InChI is InChI=1S/C23H25N3/c1-3-7-19(8-4-1)18-25-14-11-23(12-15-25)13-16-26-21(17-24-22(23)26)20-9-5-2-6-10-20/h1-10,17H,11-16,18H2. The van der Waals surface area contributed by atoms with Crippen molar-refractivity contribution < 1.29 is 0 Å². The van der Waals surface area contributed by atoms with Gasteiger partial charge in [-0.15, -0.1) is 0 Å². The molecule has 132 valence electrons. The largest absolute Gasteiger partial charge is 0.328 e. The van der Waals surface area contributed by atoms with Crippen molar-refractivity contribution in [2.24, 2.45) is 0 Å². The Morgan fingerprint density at radius 3 is 2.19 bits per heavy atom. The molecule has 0 amide bonds. The first-order valence-corrected chi connectivity index (χ1v) is 9.72. The topological polar surface area (TPSA) is 21.1 Å². The number of piperidine rings is 1. The summed E-state index contributed by atoms with van der Waals surface area (Å²) in [5.74, 6) is 1.33. The van der Waals surface area contributed by atoms with Crippen molar-refractivity contribution in [2.75, 3.05) is 13.1 Å². The fourth-order valence-electron chi connectivity index (χ4n) is 4.76. The smallest absolute Gasteiger partial charge is 0.115 e. The molecule has 0 atom stereocenters. The Morgan fingerprint density at radius 2 is 1.46 bits per heavy atom. The molecule has 1 spiro atoms. The van der Waals surface area contributed by atoms with Gasteiger partial charge in [0, 0.05) is 18.5 Å². The molecule has 1 saturated heterocycles. The van der Waals surface area contributed by atoms with Gasteiger partial charge in [-0.05, 0) is 43.5 Å². The van der Waals surface area contributed by atoms with E-state index in [4.69, 9.17) is 4.98 Å². The molecule has 5 rings (SSSR count). The number of hydrogen-bond acceptors (Lipinski definition) is 2. The molecule has 3 aromatic rings. The van der Waals surface area contributed by atoms with Crippen LogP contribution >= 0.6 is 0 Å². The minimum absolute atomic E-state index is 0.292. The average Bonchev–Trinajstić information content (AvgIpc) is 3.27. The van der Waals surface area contributed by atoms with E-state index < -0.39 is 0 Å². The SMILES string of the molecule is c1ccc(CN2CCC3(CC2)CCn2c(-c4ccccc4)cnc23)cc1. The van der Waals surface area contributed by atoms with Gasteiger partial charge < -0.3 is 4.57 Å². The number of hydrogen-bond donors (Lipinski definition) is 0. The van der Waals surface area contributed by atoms with E-state index in [0.717, 1.165) is 13.1 Å². The zero-order valence-corrected chi connectivity index (χ0v) is 15.1. The Morgan fingerprint density at radius 1 is 0.808 bits per heavy atom. The summed E-state index contributed by atoms with van der Waals surface area (Å²) in [6.07, 6.45) is 5.78. The molecule has 0 aliphatic carbocycles. The van der Waals surface area contributed by atoms with Gasteiger partial charge in [0.25, 0.3) is 0 Å². The first-order valence-electron chi connectivity index (χ1n) is 9.72. The highest BCUT2D eigenvalue weighted by atomic mass is 15.2. The third kappa shape index (κ3) is 2.67. The van der Waals surface area contributed by atoms with Crippen LogP contribution in [0.25, 0.3) is 11.3 Å². The Kier molecular flexibility index (Phi) is 3.90. The van der Waals surface area contributed by atoms with Gasteiger partial charge in [0.1, 0.15) is 5.82 Å². The fraction of sp³-hybridized carbons (Fsp3) is 0.348. The van der Waals surface area contributed by atoms with Crippen molar-refractivity contribution in [3.63, 3.8) is 0 Å². The van der Waals surface area contributed by atoms with Gasteiger partial charge in [0.05, 0.1) is 11.9 Å².